The molecule has 1 aliphatic rings. The van der Waals surface area contributed by atoms with E-state index in [1.165, 1.54) is 15.0 Å². The Morgan fingerprint density at radius 2 is 2.12 bits per heavy atom. The number of ether oxygens (including phenoxy) is 1. The fraction of sp³-hybridized carbons (Fsp3) is 0.429. The predicted molar refractivity (Wildman–Crippen MR) is 137 cm³/mol. The van der Waals surface area contributed by atoms with Gasteiger partial charge in [0.2, 0.25) is 0 Å². The molecule has 1 saturated carbocycles. The quantitative estimate of drug-likeness (QED) is 0.234. The van der Waals surface area contributed by atoms with Crippen LogP contribution in [0.4, 0.5) is 0 Å². The van der Waals surface area contributed by atoms with Gasteiger partial charge in [-0.1, -0.05) is 55.2 Å². The first kappa shape index (κ1) is 26.1. The van der Waals surface area contributed by atoms with Gasteiger partial charge in [-0.3, -0.25) is 9.59 Å². The number of fused-ring (bicyclic) bond motifs is 1. The molecule has 5 nitrogen and oxygen atoms in total. The number of benzene rings is 1. The molecular formula is C28H34O5S. The molecule has 0 saturated heterocycles. The van der Waals surface area contributed by atoms with Gasteiger partial charge in [0.05, 0.1) is 12.2 Å². The van der Waals surface area contributed by atoms with Gasteiger partial charge in [0.25, 0.3) is 0 Å². The van der Waals surface area contributed by atoms with Crippen molar-refractivity contribution in [3.63, 3.8) is 0 Å². The average Bonchev–Trinajstić information content (AvgIpc) is 3.36. The third-order valence-electron chi connectivity index (χ3n) is 6.12. The van der Waals surface area contributed by atoms with Crippen molar-refractivity contribution in [2.75, 3.05) is 6.61 Å². The molecular weight excluding hydrogens is 448 g/mol. The van der Waals surface area contributed by atoms with E-state index in [2.05, 4.69) is 24.8 Å². The third-order valence-corrected chi connectivity index (χ3v) is 7.30. The fourth-order valence-corrected chi connectivity index (χ4v) is 5.36. The minimum Gasteiger partial charge on any atom is -0.461 e. The Balaban J connectivity index is 1.44. The SMILES string of the molecule is C=CCOC(=O)CCC/C=C\C[C@H]1C(=O)CC(O)[C@@H]1/C=C/[C@@H](O)CCc1cc2ccccc2s1. The summed E-state index contributed by atoms with van der Waals surface area (Å²) in [5.41, 5.74) is 0. The maximum Gasteiger partial charge on any atom is 0.306 e. The van der Waals surface area contributed by atoms with E-state index in [0.29, 0.717) is 25.7 Å². The van der Waals surface area contributed by atoms with Crippen molar-refractivity contribution in [2.24, 2.45) is 11.8 Å². The van der Waals surface area contributed by atoms with Gasteiger partial charge in [-0.05, 0) is 49.6 Å². The van der Waals surface area contributed by atoms with Gasteiger partial charge in [0, 0.05) is 34.3 Å². The highest BCUT2D eigenvalue weighted by Gasteiger charge is 2.39. The lowest BCUT2D eigenvalue weighted by atomic mass is 9.90. The van der Waals surface area contributed by atoms with Crippen molar-refractivity contribution < 1.29 is 24.5 Å². The molecule has 0 spiro atoms. The summed E-state index contributed by atoms with van der Waals surface area (Å²) >= 11 is 1.75. The van der Waals surface area contributed by atoms with E-state index in [1.807, 2.05) is 30.4 Å². The molecule has 1 heterocycles. The number of ketones is 1. The first-order chi connectivity index (χ1) is 16.5. The van der Waals surface area contributed by atoms with Gasteiger partial charge in [-0.15, -0.1) is 11.3 Å². The third kappa shape index (κ3) is 7.76. The summed E-state index contributed by atoms with van der Waals surface area (Å²) in [4.78, 5) is 25.1. The fourth-order valence-electron chi connectivity index (χ4n) is 4.28. The number of rotatable bonds is 13. The zero-order chi connectivity index (χ0) is 24.3. The molecule has 0 amide bonds. The molecule has 0 radical (unpaired) electrons. The van der Waals surface area contributed by atoms with Crippen molar-refractivity contribution in [1.82, 2.24) is 0 Å². The number of hydrogen-bond acceptors (Lipinski definition) is 6. The number of unbranched alkanes of at least 4 members (excludes halogenated alkanes) is 1. The highest BCUT2D eigenvalue weighted by Crippen LogP contribution is 2.33. The summed E-state index contributed by atoms with van der Waals surface area (Å²) in [6.45, 7) is 3.74. The Morgan fingerprint density at radius 3 is 2.91 bits per heavy atom. The monoisotopic (exact) mass is 482 g/mol. The van der Waals surface area contributed by atoms with Crippen molar-refractivity contribution in [3.05, 3.63) is 72.2 Å². The highest BCUT2D eigenvalue weighted by molar-refractivity contribution is 7.19. The summed E-state index contributed by atoms with van der Waals surface area (Å²) in [5.74, 6) is -0.752. The van der Waals surface area contributed by atoms with E-state index in [0.717, 1.165) is 12.8 Å². The summed E-state index contributed by atoms with van der Waals surface area (Å²) < 4.78 is 6.19. The van der Waals surface area contributed by atoms with Crippen molar-refractivity contribution >= 4 is 33.2 Å². The molecule has 1 unspecified atom stereocenters. The molecule has 1 aliphatic carbocycles. The standard InChI is InChI=1S/C28H34O5S/c1-2-17-33-28(32)12-6-4-3-5-10-23-24(26(31)19-25(23)30)16-14-21(29)13-15-22-18-20-9-7-8-11-27(20)34-22/h2-3,5,7-9,11,14,16,18,21,23-24,26,29,31H,1,4,6,10,12-13,15,17,19H2/b5-3-,16-14+/t21-,23+,24+,26?/m0/s1. The minimum absolute atomic E-state index is 0.0552. The maximum atomic E-state index is 12.4. The zero-order valence-corrected chi connectivity index (χ0v) is 20.3. The first-order valence-corrected chi connectivity index (χ1v) is 12.8. The van der Waals surface area contributed by atoms with E-state index >= 15 is 0 Å². The Morgan fingerprint density at radius 1 is 1.29 bits per heavy atom. The molecule has 1 aromatic heterocycles. The Kier molecular flexibility index (Phi) is 10.3. The molecule has 182 valence electrons. The molecule has 1 fully saturated rings. The van der Waals surface area contributed by atoms with Crippen molar-refractivity contribution in [3.8, 4) is 0 Å². The van der Waals surface area contributed by atoms with Crippen LogP contribution in [0.25, 0.3) is 10.1 Å². The number of Topliss-reactive ketones (excluding diaryl/α,β-unsaturated/α-hetero) is 1. The van der Waals surface area contributed by atoms with Crippen LogP contribution in [-0.4, -0.2) is 40.8 Å². The van der Waals surface area contributed by atoms with E-state index in [9.17, 15) is 19.8 Å². The molecule has 6 heteroatoms. The van der Waals surface area contributed by atoms with Crippen LogP contribution in [0.3, 0.4) is 0 Å². The molecule has 4 atom stereocenters. The summed E-state index contributed by atoms with van der Waals surface area (Å²) in [6.07, 6.45) is 11.5. The van der Waals surface area contributed by atoms with Crippen LogP contribution in [0, 0.1) is 11.8 Å². The molecule has 3 rings (SSSR count). The van der Waals surface area contributed by atoms with Crippen LogP contribution in [0.2, 0.25) is 0 Å². The topological polar surface area (TPSA) is 83.8 Å². The van der Waals surface area contributed by atoms with Crippen LogP contribution in [0.5, 0.6) is 0 Å². The summed E-state index contributed by atoms with van der Waals surface area (Å²) in [6, 6.07) is 10.4. The highest BCUT2D eigenvalue weighted by atomic mass is 32.1. The number of carbonyl (C=O) groups is 2. The normalized spacial score (nSPS) is 21.6. The Bertz CT molecular complexity index is 988. The second kappa shape index (κ2) is 13.4. The lowest BCUT2D eigenvalue weighted by Gasteiger charge is -2.16. The first-order valence-electron chi connectivity index (χ1n) is 11.9. The van der Waals surface area contributed by atoms with Crippen LogP contribution in [-0.2, 0) is 20.7 Å². The number of thiophene rings is 1. The Labute approximate surface area is 205 Å². The van der Waals surface area contributed by atoms with Crippen molar-refractivity contribution in [1.29, 1.82) is 0 Å². The molecule has 2 N–H and O–H groups in total. The second-order valence-electron chi connectivity index (χ2n) is 8.73. The maximum absolute atomic E-state index is 12.4. The Hall–Kier alpha value is -2.54. The number of allylic oxidation sites excluding steroid dienone is 2. The van der Waals surface area contributed by atoms with Crippen molar-refractivity contribution in [2.45, 2.75) is 57.2 Å². The number of aliphatic hydroxyl groups excluding tert-OH is 2. The largest absolute Gasteiger partial charge is 0.461 e. The van der Waals surface area contributed by atoms with Crippen LogP contribution in [0.1, 0.15) is 43.4 Å². The number of hydrogen-bond donors (Lipinski definition) is 2. The van der Waals surface area contributed by atoms with Crippen LogP contribution in [0.15, 0.2) is 67.3 Å². The summed E-state index contributed by atoms with van der Waals surface area (Å²) in [5, 5.41) is 22.0. The number of carbonyl (C=O) groups excluding carboxylic acids is 2. The van der Waals surface area contributed by atoms with Gasteiger partial charge in [0.1, 0.15) is 12.4 Å². The molecule has 0 aliphatic heterocycles. The van der Waals surface area contributed by atoms with E-state index in [-0.39, 0.29) is 36.6 Å². The molecule has 34 heavy (non-hydrogen) atoms. The second-order valence-corrected chi connectivity index (χ2v) is 9.90. The summed E-state index contributed by atoms with van der Waals surface area (Å²) in [7, 11) is 0. The van der Waals surface area contributed by atoms with Crippen LogP contribution < -0.4 is 0 Å². The van der Waals surface area contributed by atoms with Gasteiger partial charge < -0.3 is 14.9 Å². The number of esters is 1. The predicted octanol–water partition coefficient (Wildman–Crippen LogP) is 5.16. The van der Waals surface area contributed by atoms with E-state index in [1.54, 1.807) is 23.5 Å². The number of aliphatic hydroxyl groups is 2. The molecule has 0 bridgehead atoms. The van der Waals surface area contributed by atoms with E-state index in [4.69, 9.17) is 4.74 Å². The van der Waals surface area contributed by atoms with Gasteiger partial charge >= 0.3 is 5.97 Å². The lowest BCUT2D eigenvalue weighted by molar-refractivity contribution is -0.142. The number of aryl methyl sites for hydroxylation is 1. The minimum atomic E-state index is -0.712. The smallest absolute Gasteiger partial charge is 0.306 e. The molecule has 1 aromatic carbocycles. The van der Waals surface area contributed by atoms with Crippen LogP contribution >= 0.6 is 11.3 Å². The van der Waals surface area contributed by atoms with E-state index < -0.39 is 12.2 Å². The average molecular weight is 483 g/mol. The van der Waals surface area contributed by atoms with Gasteiger partial charge in [0.15, 0.2) is 0 Å². The molecule has 2 aromatic rings. The van der Waals surface area contributed by atoms with Gasteiger partial charge in [-0.2, -0.15) is 0 Å². The zero-order valence-electron chi connectivity index (χ0n) is 19.5. The van der Waals surface area contributed by atoms with Gasteiger partial charge in [-0.25, -0.2) is 0 Å². The lowest BCUT2D eigenvalue weighted by Crippen LogP contribution is -2.19.